The molecule has 0 saturated heterocycles. The monoisotopic (exact) mass is 586 g/mol. The average molecular weight is 587 g/mol. The molecule has 5 rings (SSSR count). The molecular weight excluding hydrogens is 556 g/mol. The van der Waals surface area contributed by atoms with Gasteiger partial charge in [-0.3, -0.25) is 9.36 Å². The maximum Gasteiger partial charge on any atom is 0.338 e. The number of nitrogens with zero attached hydrogens (tertiary/aromatic N) is 2. The van der Waals surface area contributed by atoms with Crippen LogP contribution in [-0.4, -0.2) is 36.3 Å². The molecule has 216 valence electrons. The van der Waals surface area contributed by atoms with Gasteiger partial charge >= 0.3 is 11.9 Å². The third-order valence-corrected chi connectivity index (χ3v) is 7.59. The topological polar surface area (TPSA) is 109 Å². The van der Waals surface area contributed by atoms with E-state index < -0.39 is 12.0 Å². The maximum absolute atomic E-state index is 13.8. The number of thiazole rings is 1. The highest BCUT2D eigenvalue weighted by atomic mass is 32.1. The first-order chi connectivity index (χ1) is 20.3. The van der Waals surface area contributed by atoms with Gasteiger partial charge in [-0.05, 0) is 69.7 Å². The van der Waals surface area contributed by atoms with Crippen LogP contribution in [0.5, 0.6) is 5.75 Å². The van der Waals surface area contributed by atoms with Crippen molar-refractivity contribution in [1.29, 1.82) is 0 Å². The van der Waals surface area contributed by atoms with Crippen LogP contribution < -0.4 is 19.6 Å². The van der Waals surface area contributed by atoms with Crippen LogP contribution in [0, 0.1) is 0 Å². The Bertz CT molecular complexity index is 1830. The number of carbonyl (C=O) groups is 2. The predicted molar refractivity (Wildman–Crippen MR) is 158 cm³/mol. The van der Waals surface area contributed by atoms with Gasteiger partial charge in [0.2, 0.25) is 0 Å². The van der Waals surface area contributed by atoms with Gasteiger partial charge in [0.15, 0.2) is 4.80 Å². The van der Waals surface area contributed by atoms with Crippen LogP contribution in [0.2, 0.25) is 0 Å². The van der Waals surface area contributed by atoms with E-state index in [1.165, 1.54) is 15.9 Å². The summed E-state index contributed by atoms with van der Waals surface area (Å²) < 4.78 is 23.9. The Balaban J connectivity index is 1.54. The molecule has 2 aromatic heterocycles. The van der Waals surface area contributed by atoms with Crippen LogP contribution in [-0.2, 0) is 14.3 Å². The van der Waals surface area contributed by atoms with Gasteiger partial charge in [0.05, 0.1) is 47.2 Å². The van der Waals surface area contributed by atoms with Gasteiger partial charge in [0, 0.05) is 11.6 Å². The molecule has 4 aromatic rings. The molecule has 0 aliphatic carbocycles. The van der Waals surface area contributed by atoms with Crippen LogP contribution >= 0.6 is 11.3 Å². The van der Waals surface area contributed by atoms with Crippen molar-refractivity contribution in [3.63, 3.8) is 0 Å². The average Bonchev–Trinajstić information content (AvgIpc) is 3.57. The first-order valence-corrected chi connectivity index (χ1v) is 14.5. The Morgan fingerprint density at radius 1 is 0.929 bits per heavy atom. The highest BCUT2D eigenvalue weighted by Gasteiger charge is 2.33. The molecule has 9 nitrogen and oxygen atoms in total. The fraction of sp³-hybridized carbons (Fsp3) is 0.250. The SMILES string of the molecule is CCOC(=O)C1=C(C)N=c2s/c(=C\c3ccc(-c4ccc(C(=O)OCC)cc4)o3)c(=O)n2C1c1ccc(OCC)cc1. The minimum absolute atomic E-state index is 0.197. The van der Waals surface area contributed by atoms with Crippen LogP contribution in [0.3, 0.4) is 0 Å². The molecular formula is C32H30N2O7S. The highest BCUT2D eigenvalue weighted by Crippen LogP contribution is 2.32. The van der Waals surface area contributed by atoms with Gasteiger partial charge in [-0.2, -0.15) is 0 Å². The Labute approximate surface area is 246 Å². The van der Waals surface area contributed by atoms with E-state index in [0.29, 0.717) is 56.7 Å². The molecule has 1 aliphatic rings. The van der Waals surface area contributed by atoms with Crippen LogP contribution in [0.25, 0.3) is 17.4 Å². The molecule has 0 bridgehead atoms. The third-order valence-electron chi connectivity index (χ3n) is 6.60. The number of hydrogen-bond acceptors (Lipinski definition) is 9. The van der Waals surface area contributed by atoms with Gasteiger partial charge < -0.3 is 18.6 Å². The van der Waals surface area contributed by atoms with E-state index >= 15 is 0 Å². The van der Waals surface area contributed by atoms with Crippen LogP contribution in [0.15, 0.2) is 86.1 Å². The number of aromatic nitrogens is 1. The molecule has 0 fully saturated rings. The number of benzene rings is 2. The number of carbonyl (C=O) groups excluding carboxylic acids is 2. The summed E-state index contributed by atoms with van der Waals surface area (Å²) in [5.41, 5.74) is 2.46. The van der Waals surface area contributed by atoms with Crippen molar-refractivity contribution < 1.29 is 28.2 Å². The van der Waals surface area contributed by atoms with Crippen LogP contribution in [0.1, 0.15) is 55.4 Å². The molecule has 1 atom stereocenters. The summed E-state index contributed by atoms with van der Waals surface area (Å²) in [6, 6.07) is 17.1. The zero-order valence-corrected chi connectivity index (χ0v) is 24.5. The fourth-order valence-corrected chi connectivity index (χ4v) is 5.75. The van der Waals surface area contributed by atoms with E-state index in [1.807, 2.05) is 31.2 Å². The van der Waals surface area contributed by atoms with Crippen LogP contribution in [0.4, 0.5) is 0 Å². The third kappa shape index (κ3) is 5.71. The first-order valence-electron chi connectivity index (χ1n) is 13.6. The second-order valence-corrected chi connectivity index (χ2v) is 10.3. The minimum Gasteiger partial charge on any atom is -0.494 e. The molecule has 10 heteroatoms. The Hall–Kier alpha value is -4.70. The Morgan fingerprint density at radius 2 is 1.62 bits per heavy atom. The smallest absolute Gasteiger partial charge is 0.338 e. The fourth-order valence-electron chi connectivity index (χ4n) is 4.72. The number of rotatable bonds is 9. The van der Waals surface area contributed by atoms with E-state index in [2.05, 4.69) is 4.99 Å². The van der Waals surface area contributed by atoms with Gasteiger partial charge in [-0.15, -0.1) is 0 Å². The van der Waals surface area contributed by atoms with Crippen molar-refractivity contribution in [1.82, 2.24) is 4.57 Å². The molecule has 42 heavy (non-hydrogen) atoms. The van der Waals surface area contributed by atoms with Gasteiger partial charge in [0.1, 0.15) is 17.3 Å². The number of furan rings is 1. The molecule has 0 spiro atoms. The van der Waals surface area contributed by atoms with E-state index in [9.17, 15) is 14.4 Å². The van der Waals surface area contributed by atoms with E-state index in [-0.39, 0.29) is 18.1 Å². The van der Waals surface area contributed by atoms with Crippen molar-refractivity contribution in [3.8, 4) is 17.1 Å². The molecule has 0 saturated carbocycles. The Kier molecular flexibility index (Phi) is 8.53. The predicted octanol–water partition coefficient (Wildman–Crippen LogP) is 4.63. The summed E-state index contributed by atoms with van der Waals surface area (Å²) in [6.07, 6.45) is 1.67. The van der Waals surface area contributed by atoms with Crippen molar-refractivity contribution >= 4 is 29.4 Å². The lowest BCUT2D eigenvalue weighted by atomic mass is 9.96. The number of fused-ring (bicyclic) bond motifs is 1. The highest BCUT2D eigenvalue weighted by molar-refractivity contribution is 7.07. The van der Waals surface area contributed by atoms with E-state index in [4.69, 9.17) is 18.6 Å². The van der Waals surface area contributed by atoms with Gasteiger partial charge in [-0.25, -0.2) is 14.6 Å². The summed E-state index contributed by atoms with van der Waals surface area (Å²) in [4.78, 5) is 44.0. The zero-order valence-electron chi connectivity index (χ0n) is 23.7. The molecule has 2 aromatic carbocycles. The van der Waals surface area contributed by atoms with E-state index in [1.54, 1.807) is 63.2 Å². The molecule has 0 N–H and O–H groups in total. The number of esters is 2. The molecule has 1 unspecified atom stereocenters. The number of ether oxygens (including phenoxy) is 3. The quantitative estimate of drug-likeness (QED) is 0.263. The standard InChI is InChI=1S/C32H30N2O7S/c1-5-38-23-14-12-21(13-15-23)28-27(31(37)40-7-3)19(4)33-32-34(28)29(35)26(42-32)18-24-16-17-25(41-24)20-8-10-22(11-9-20)30(36)39-6-2/h8-18,28H,5-7H2,1-4H3/b26-18-. The normalized spacial score (nSPS) is 14.8. The largest absolute Gasteiger partial charge is 0.494 e. The lowest BCUT2D eigenvalue weighted by Gasteiger charge is -2.24. The second-order valence-electron chi connectivity index (χ2n) is 9.30. The number of allylic oxidation sites excluding steroid dienone is 1. The number of hydrogen-bond donors (Lipinski definition) is 0. The van der Waals surface area contributed by atoms with Crippen molar-refractivity contribution in [2.75, 3.05) is 19.8 Å². The summed E-state index contributed by atoms with van der Waals surface area (Å²) in [5, 5.41) is 0. The molecule has 1 aliphatic heterocycles. The first kappa shape index (κ1) is 28.8. The molecule has 3 heterocycles. The van der Waals surface area contributed by atoms with Crippen molar-refractivity contribution in [3.05, 3.63) is 109 Å². The molecule has 0 radical (unpaired) electrons. The van der Waals surface area contributed by atoms with Gasteiger partial charge in [0.25, 0.3) is 5.56 Å². The Morgan fingerprint density at radius 3 is 2.29 bits per heavy atom. The lowest BCUT2D eigenvalue weighted by molar-refractivity contribution is -0.139. The summed E-state index contributed by atoms with van der Waals surface area (Å²) in [5.74, 6) is 0.845. The summed E-state index contributed by atoms with van der Waals surface area (Å²) in [6.45, 7) is 8.17. The van der Waals surface area contributed by atoms with Crippen molar-refractivity contribution in [2.45, 2.75) is 33.7 Å². The summed E-state index contributed by atoms with van der Waals surface area (Å²) >= 11 is 1.22. The van der Waals surface area contributed by atoms with Gasteiger partial charge in [-0.1, -0.05) is 35.6 Å². The zero-order chi connectivity index (χ0) is 29.8. The lowest BCUT2D eigenvalue weighted by Crippen LogP contribution is -2.39. The molecule has 0 amide bonds. The van der Waals surface area contributed by atoms with E-state index in [0.717, 1.165) is 11.1 Å². The summed E-state index contributed by atoms with van der Waals surface area (Å²) in [7, 11) is 0. The minimum atomic E-state index is -0.719. The maximum atomic E-state index is 13.8. The second kappa shape index (κ2) is 12.4. The van der Waals surface area contributed by atoms with Crippen molar-refractivity contribution in [2.24, 2.45) is 4.99 Å².